The third-order valence-electron chi connectivity index (χ3n) is 2.98. The summed E-state index contributed by atoms with van der Waals surface area (Å²) >= 11 is 1.94. The fourth-order valence-corrected chi connectivity index (χ4v) is 3.37. The summed E-state index contributed by atoms with van der Waals surface area (Å²) in [5, 5.41) is 1.87. The molecule has 0 spiro atoms. The van der Waals surface area contributed by atoms with E-state index in [1.54, 1.807) is 0 Å². The zero-order chi connectivity index (χ0) is 12.3. The Morgan fingerprint density at radius 1 is 1.53 bits per heavy atom. The molecule has 0 saturated carbocycles. The van der Waals surface area contributed by atoms with Crippen LogP contribution in [0.5, 0.6) is 0 Å². The minimum atomic E-state index is 0.651. The van der Waals surface area contributed by atoms with Gasteiger partial charge in [-0.05, 0) is 45.7 Å². The molecule has 1 unspecified atom stereocenters. The zero-order valence-electron chi connectivity index (χ0n) is 10.9. The van der Waals surface area contributed by atoms with Gasteiger partial charge in [0.05, 0.1) is 0 Å². The summed E-state index contributed by atoms with van der Waals surface area (Å²) in [5.74, 6) is 0. The topological polar surface area (TPSA) is 19.4 Å². The van der Waals surface area contributed by atoms with E-state index >= 15 is 0 Å². The van der Waals surface area contributed by atoms with Crippen LogP contribution in [0.25, 0.3) is 0 Å². The molecule has 17 heavy (non-hydrogen) atoms. The van der Waals surface area contributed by atoms with Crippen molar-refractivity contribution in [3.63, 3.8) is 0 Å². The number of rotatable bonds is 3. The molecule has 1 aliphatic heterocycles. The van der Waals surface area contributed by atoms with Crippen LogP contribution in [0, 0.1) is 0 Å². The molecular weight excluding hydrogens is 230 g/mol. The van der Waals surface area contributed by atoms with Crippen LogP contribution in [-0.2, 0) is 6.54 Å². The summed E-state index contributed by atoms with van der Waals surface area (Å²) in [7, 11) is 6.47. The van der Waals surface area contributed by atoms with Crippen molar-refractivity contribution in [3.05, 3.63) is 23.9 Å². The molecule has 0 bridgehead atoms. The summed E-state index contributed by atoms with van der Waals surface area (Å²) < 4.78 is 0. The Bertz CT molecular complexity index is 367. The molecule has 2 rings (SSSR count). The Hall–Kier alpha value is -0.580. The lowest BCUT2D eigenvalue weighted by atomic mass is 10.2. The maximum atomic E-state index is 4.51. The molecule has 94 valence electrons. The lowest BCUT2D eigenvalue weighted by Gasteiger charge is -2.20. The number of hydrogen-bond donors (Lipinski definition) is 0. The van der Waals surface area contributed by atoms with Crippen LogP contribution < -0.4 is 0 Å². The molecule has 0 amide bonds. The molecule has 1 aliphatic rings. The highest BCUT2D eigenvalue weighted by atomic mass is 32.2. The van der Waals surface area contributed by atoms with Gasteiger partial charge >= 0.3 is 0 Å². The summed E-state index contributed by atoms with van der Waals surface area (Å²) in [6, 6.07) is 4.23. The SMILES string of the molecule is CN(C)CCC1CN(C)Cc2cccnc2S1. The summed E-state index contributed by atoms with van der Waals surface area (Å²) in [5.41, 5.74) is 1.37. The van der Waals surface area contributed by atoms with Gasteiger partial charge in [-0.2, -0.15) is 0 Å². The number of thioether (sulfide) groups is 1. The van der Waals surface area contributed by atoms with Crippen molar-refractivity contribution in [2.45, 2.75) is 23.2 Å². The van der Waals surface area contributed by atoms with Crippen molar-refractivity contribution in [2.24, 2.45) is 0 Å². The van der Waals surface area contributed by atoms with E-state index in [0.717, 1.165) is 19.6 Å². The molecule has 3 nitrogen and oxygen atoms in total. The van der Waals surface area contributed by atoms with E-state index in [4.69, 9.17) is 0 Å². The Labute approximate surface area is 108 Å². The summed E-state index contributed by atoms with van der Waals surface area (Å²) in [6.07, 6.45) is 3.12. The summed E-state index contributed by atoms with van der Waals surface area (Å²) in [6.45, 7) is 3.32. The molecule has 1 aromatic rings. The molecule has 4 heteroatoms. The fraction of sp³-hybridized carbons (Fsp3) is 0.615. The molecule has 1 atom stereocenters. The number of hydrogen-bond acceptors (Lipinski definition) is 4. The third kappa shape index (κ3) is 3.69. The Morgan fingerprint density at radius 3 is 3.12 bits per heavy atom. The molecule has 0 aromatic carbocycles. The van der Waals surface area contributed by atoms with E-state index in [1.807, 2.05) is 24.0 Å². The smallest absolute Gasteiger partial charge is 0.101 e. The van der Waals surface area contributed by atoms with Crippen LogP contribution >= 0.6 is 11.8 Å². The van der Waals surface area contributed by atoms with Crippen LogP contribution in [0.3, 0.4) is 0 Å². The van der Waals surface area contributed by atoms with Gasteiger partial charge in [0.2, 0.25) is 0 Å². The Morgan fingerprint density at radius 2 is 2.35 bits per heavy atom. The largest absolute Gasteiger partial charge is 0.309 e. The maximum absolute atomic E-state index is 4.51. The van der Waals surface area contributed by atoms with Crippen LogP contribution in [0.15, 0.2) is 23.4 Å². The first kappa shape index (κ1) is 12.9. The van der Waals surface area contributed by atoms with E-state index < -0.39 is 0 Å². The van der Waals surface area contributed by atoms with Gasteiger partial charge in [-0.15, -0.1) is 11.8 Å². The first-order chi connectivity index (χ1) is 8.15. The second kappa shape index (κ2) is 5.85. The highest BCUT2D eigenvalue weighted by Crippen LogP contribution is 2.31. The number of nitrogens with zero attached hydrogens (tertiary/aromatic N) is 3. The predicted octanol–water partition coefficient (Wildman–Crippen LogP) is 1.94. The van der Waals surface area contributed by atoms with Gasteiger partial charge in [-0.3, -0.25) is 0 Å². The van der Waals surface area contributed by atoms with Crippen LogP contribution in [-0.4, -0.2) is 54.3 Å². The average Bonchev–Trinajstić information content (AvgIpc) is 2.43. The van der Waals surface area contributed by atoms with Gasteiger partial charge in [0.15, 0.2) is 0 Å². The predicted molar refractivity (Wildman–Crippen MR) is 73.4 cm³/mol. The molecule has 0 N–H and O–H groups in total. The standard InChI is InChI=1S/C13H21N3S/c1-15(2)8-6-12-10-16(3)9-11-5-4-7-14-13(11)17-12/h4-5,7,12H,6,8-10H2,1-3H3. The van der Waals surface area contributed by atoms with Crippen LogP contribution in [0.4, 0.5) is 0 Å². The van der Waals surface area contributed by atoms with Crippen molar-refractivity contribution >= 4 is 11.8 Å². The van der Waals surface area contributed by atoms with Crippen molar-refractivity contribution in [3.8, 4) is 0 Å². The molecular formula is C13H21N3S. The molecule has 1 aromatic heterocycles. The zero-order valence-corrected chi connectivity index (χ0v) is 11.7. The minimum Gasteiger partial charge on any atom is -0.309 e. The van der Waals surface area contributed by atoms with Gasteiger partial charge < -0.3 is 9.80 Å². The number of pyridine rings is 1. The Balaban J connectivity index is 2.07. The van der Waals surface area contributed by atoms with Gasteiger partial charge in [0.25, 0.3) is 0 Å². The maximum Gasteiger partial charge on any atom is 0.101 e. The minimum absolute atomic E-state index is 0.651. The summed E-state index contributed by atoms with van der Waals surface area (Å²) in [4.78, 5) is 9.17. The molecule has 0 aliphatic carbocycles. The molecule has 2 heterocycles. The second-order valence-corrected chi connectivity index (χ2v) is 6.29. The quantitative estimate of drug-likeness (QED) is 0.817. The van der Waals surface area contributed by atoms with Gasteiger partial charge in [-0.25, -0.2) is 4.98 Å². The number of aromatic nitrogens is 1. The number of fused-ring (bicyclic) bond motifs is 1. The van der Waals surface area contributed by atoms with E-state index in [2.05, 4.69) is 42.0 Å². The highest BCUT2D eigenvalue weighted by Gasteiger charge is 2.20. The first-order valence-corrected chi connectivity index (χ1v) is 6.97. The van der Waals surface area contributed by atoms with Crippen molar-refractivity contribution in [1.82, 2.24) is 14.8 Å². The van der Waals surface area contributed by atoms with Crippen LogP contribution in [0.1, 0.15) is 12.0 Å². The first-order valence-electron chi connectivity index (χ1n) is 6.09. The fourth-order valence-electron chi connectivity index (χ4n) is 2.10. The van der Waals surface area contributed by atoms with E-state index in [0.29, 0.717) is 5.25 Å². The second-order valence-electron chi connectivity index (χ2n) is 5.00. The van der Waals surface area contributed by atoms with Gasteiger partial charge in [-0.1, -0.05) is 6.07 Å². The molecule has 0 radical (unpaired) electrons. The van der Waals surface area contributed by atoms with E-state index in [9.17, 15) is 0 Å². The van der Waals surface area contributed by atoms with Crippen molar-refractivity contribution < 1.29 is 0 Å². The van der Waals surface area contributed by atoms with Crippen molar-refractivity contribution in [1.29, 1.82) is 0 Å². The van der Waals surface area contributed by atoms with Crippen molar-refractivity contribution in [2.75, 3.05) is 34.2 Å². The van der Waals surface area contributed by atoms with Gasteiger partial charge in [0, 0.05) is 24.5 Å². The van der Waals surface area contributed by atoms with E-state index in [1.165, 1.54) is 17.0 Å². The van der Waals surface area contributed by atoms with Crippen LogP contribution in [0.2, 0.25) is 0 Å². The molecule has 0 saturated heterocycles. The van der Waals surface area contributed by atoms with E-state index in [-0.39, 0.29) is 0 Å². The third-order valence-corrected chi connectivity index (χ3v) is 4.29. The van der Waals surface area contributed by atoms with Gasteiger partial charge in [0.1, 0.15) is 5.03 Å². The molecule has 0 fully saturated rings. The monoisotopic (exact) mass is 251 g/mol. The average molecular weight is 251 g/mol. The normalized spacial score (nSPS) is 21.3. The lowest BCUT2D eigenvalue weighted by Crippen LogP contribution is -2.27. The highest BCUT2D eigenvalue weighted by molar-refractivity contribution is 7.99. The lowest BCUT2D eigenvalue weighted by molar-refractivity contribution is 0.312. The Kier molecular flexibility index (Phi) is 4.42.